The van der Waals surface area contributed by atoms with E-state index >= 15 is 0 Å². The highest BCUT2D eigenvalue weighted by Gasteiger charge is 2.27. The van der Waals surface area contributed by atoms with Crippen molar-refractivity contribution in [2.45, 2.75) is 12.3 Å². The van der Waals surface area contributed by atoms with E-state index in [1.807, 2.05) is 18.2 Å². The number of fused-ring (bicyclic) bond motifs is 3. The largest absolute Gasteiger partial charge is 0.460 e. The fraction of sp³-hybridized carbons (Fsp3) is 0.133. The predicted octanol–water partition coefficient (Wildman–Crippen LogP) is 3.82. The van der Waals surface area contributed by atoms with E-state index in [4.69, 9.17) is 16.0 Å². The summed E-state index contributed by atoms with van der Waals surface area (Å²) >= 11 is 5.86. The van der Waals surface area contributed by atoms with E-state index in [0.29, 0.717) is 5.82 Å². The molecule has 98 valence electrons. The number of furan rings is 1. The molecule has 0 spiro atoms. The normalized spacial score (nSPS) is 17.4. The standard InChI is InChI=1S/C15H10ClN3O/c16-15-18-8-17-14(19-15)11-6-3-5-10-9-4-1-2-7-12(9)20-13(10)11/h1-5,7-8,11H,6H2. The lowest BCUT2D eigenvalue weighted by atomic mass is 9.92. The van der Waals surface area contributed by atoms with Crippen LogP contribution in [0.1, 0.15) is 29.5 Å². The maximum atomic E-state index is 6.00. The van der Waals surface area contributed by atoms with Gasteiger partial charge in [0.2, 0.25) is 5.28 Å². The number of aromatic nitrogens is 3. The third kappa shape index (κ3) is 1.72. The predicted molar refractivity (Wildman–Crippen MR) is 76.5 cm³/mol. The number of rotatable bonds is 1. The highest BCUT2D eigenvalue weighted by Crippen LogP contribution is 2.39. The number of halogens is 1. The fourth-order valence-corrected chi connectivity index (χ4v) is 2.75. The summed E-state index contributed by atoms with van der Waals surface area (Å²) in [7, 11) is 0. The van der Waals surface area contributed by atoms with Gasteiger partial charge < -0.3 is 4.42 Å². The molecule has 3 aromatic rings. The molecule has 1 aliphatic carbocycles. The molecule has 1 atom stereocenters. The first-order valence-corrected chi connectivity index (χ1v) is 6.73. The monoisotopic (exact) mass is 283 g/mol. The van der Waals surface area contributed by atoms with Crippen LogP contribution in [0.4, 0.5) is 0 Å². The van der Waals surface area contributed by atoms with E-state index < -0.39 is 0 Å². The van der Waals surface area contributed by atoms with Crippen LogP contribution < -0.4 is 0 Å². The molecule has 0 aliphatic heterocycles. The Labute approximate surface area is 120 Å². The van der Waals surface area contributed by atoms with Crippen LogP contribution in [0.15, 0.2) is 41.1 Å². The van der Waals surface area contributed by atoms with E-state index in [9.17, 15) is 0 Å². The summed E-state index contributed by atoms with van der Waals surface area (Å²) in [5.74, 6) is 1.54. The van der Waals surface area contributed by atoms with Crippen LogP contribution in [0, 0.1) is 0 Å². The number of allylic oxidation sites excluding steroid dienone is 1. The molecule has 4 rings (SSSR count). The molecular formula is C15H10ClN3O. The zero-order valence-electron chi connectivity index (χ0n) is 10.5. The van der Waals surface area contributed by atoms with Crippen molar-refractivity contribution >= 4 is 28.6 Å². The first-order valence-electron chi connectivity index (χ1n) is 6.35. The highest BCUT2D eigenvalue weighted by atomic mass is 35.5. The molecule has 0 radical (unpaired) electrons. The number of nitrogens with zero attached hydrogens (tertiary/aromatic N) is 3. The van der Waals surface area contributed by atoms with Gasteiger partial charge in [-0.2, -0.15) is 0 Å². The summed E-state index contributed by atoms with van der Waals surface area (Å²) in [5, 5.41) is 1.32. The molecule has 0 N–H and O–H groups in total. The van der Waals surface area contributed by atoms with Crippen LogP contribution in [0.5, 0.6) is 0 Å². The number of para-hydroxylation sites is 1. The van der Waals surface area contributed by atoms with E-state index in [-0.39, 0.29) is 11.2 Å². The number of hydrogen-bond donors (Lipinski definition) is 0. The van der Waals surface area contributed by atoms with Crippen molar-refractivity contribution in [2.24, 2.45) is 0 Å². The maximum Gasteiger partial charge on any atom is 0.225 e. The molecule has 4 nitrogen and oxygen atoms in total. The first-order chi connectivity index (χ1) is 9.83. The lowest BCUT2D eigenvalue weighted by Gasteiger charge is -2.15. The van der Waals surface area contributed by atoms with Gasteiger partial charge in [-0.15, -0.1) is 0 Å². The van der Waals surface area contributed by atoms with E-state index in [0.717, 1.165) is 28.7 Å². The molecule has 2 heterocycles. The summed E-state index contributed by atoms with van der Waals surface area (Å²) in [6, 6.07) is 8.01. The Bertz CT molecular complexity index is 825. The maximum absolute atomic E-state index is 6.00. The van der Waals surface area contributed by atoms with Crippen molar-refractivity contribution in [3.05, 3.63) is 59.1 Å². The summed E-state index contributed by atoms with van der Waals surface area (Å²) in [6.07, 6.45) is 6.45. The average molecular weight is 284 g/mol. The Hall–Kier alpha value is -2.20. The zero-order chi connectivity index (χ0) is 13.5. The molecule has 0 amide bonds. The minimum absolute atomic E-state index is 0.0112. The Morgan fingerprint density at radius 3 is 3.00 bits per heavy atom. The van der Waals surface area contributed by atoms with Crippen molar-refractivity contribution in [1.29, 1.82) is 0 Å². The lowest BCUT2D eigenvalue weighted by molar-refractivity contribution is 0.505. The Morgan fingerprint density at radius 1 is 1.20 bits per heavy atom. The summed E-state index contributed by atoms with van der Waals surface area (Å²) in [6.45, 7) is 0. The number of hydrogen-bond acceptors (Lipinski definition) is 4. The van der Waals surface area contributed by atoms with Crippen molar-refractivity contribution in [2.75, 3.05) is 0 Å². The molecule has 0 saturated heterocycles. The van der Waals surface area contributed by atoms with Gasteiger partial charge in [0, 0.05) is 10.9 Å². The van der Waals surface area contributed by atoms with E-state index in [2.05, 4.69) is 33.2 Å². The molecule has 1 unspecified atom stereocenters. The molecular weight excluding hydrogens is 274 g/mol. The molecule has 20 heavy (non-hydrogen) atoms. The zero-order valence-corrected chi connectivity index (χ0v) is 11.2. The third-order valence-corrected chi connectivity index (χ3v) is 3.69. The summed E-state index contributed by atoms with van der Waals surface area (Å²) in [5.41, 5.74) is 1.99. The van der Waals surface area contributed by atoms with E-state index in [1.165, 1.54) is 6.33 Å². The van der Waals surface area contributed by atoms with Gasteiger partial charge in [0.15, 0.2) is 0 Å². The van der Waals surface area contributed by atoms with Crippen LogP contribution >= 0.6 is 11.6 Å². The van der Waals surface area contributed by atoms with Crippen LogP contribution in [-0.2, 0) is 0 Å². The smallest absolute Gasteiger partial charge is 0.225 e. The second kappa shape index (κ2) is 4.42. The molecule has 2 aromatic heterocycles. The molecule has 0 bridgehead atoms. The molecule has 1 aromatic carbocycles. The second-order valence-corrected chi connectivity index (χ2v) is 5.02. The van der Waals surface area contributed by atoms with E-state index in [1.54, 1.807) is 0 Å². The highest BCUT2D eigenvalue weighted by molar-refractivity contribution is 6.28. The van der Waals surface area contributed by atoms with Crippen molar-refractivity contribution < 1.29 is 4.42 Å². The van der Waals surface area contributed by atoms with Gasteiger partial charge in [0.05, 0.1) is 5.92 Å². The number of benzene rings is 1. The van der Waals surface area contributed by atoms with Gasteiger partial charge in [0.25, 0.3) is 0 Å². The Balaban J connectivity index is 1.92. The molecule has 5 heteroatoms. The molecule has 0 fully saturated rings. The van der Waals surface area contributed by atoms with Crippen molar-refractivity contribution in [1.82, 2.24) is 15.0 Å². The van der Waals surface area contributed by atoms with Gasteiger partial charge in [0.1, 0.15) is 23.5 Å². The van der Waals surface area contributed by atoms with Crippen LogP contribution in [0.3, 0.4) is 0 Å². The summed E-state index contributed by atoms with van der Waals surface area (Å²) < 4.78 is 6.00. The fourth-order valence-electron chi connectivity index (χ4n) is 2.62. The topological polar surface area (TPSA) is 51.8 Å². The molecule has 1 aliphatic rings. The minimum Gasteiger partial charge on any atom is -0.460 e. The second-order valence-electron chi connectivity index (χ2n) is 4.68. The molecule has 0 saturated carbocycles. The van der Waals surface area contributed by atoms with Crippen LogP contribution in [-0.4, -0.2) is 15.0 Å². The van der Waals surface area contributed by atoms with Crippen LogP contribution in [0.2, 0.25) is 5.28 Å². The quantitative estimate of drug-likeness (QED) is 0.681. The van der Waals surface area contributed by atoms with Crippen LogP contribution in [0.25, 0.3) is 17.0 Å². The first kappa shape index (κ1) is 11.6. The van der Waals surface area contributed by atoms with Gasteiger partial charge in [-0.25, -0.2) is 15.0 Å². The van der Waals surface area contributed by atoms with Gasteiger partial charge in [-0.1, -0.05) is 30.4 Å². The Morgan fingerprint density at radius 2 is 2.10 bits per heavy atom. The van der Waals surface area contributed by atoms with Crippen molar-refractivity contribution in [3.63, 3.8) is 0 Å². The third-order valence-electron chi connectivity index (χ3n) is 3.51. The Kier molecular flexibility index (Phi) is 2.57. The summed E-state index contributed by atoms with van der Waals surface area (Å²) in [4.78, 5) is 12.3. The minimum atomic E-state index is -0.0112. The van der Waals surface area contributed by atoms with Gasteiger partial charge >= 0.3 is 0 Å². The lowest BCUT2D eigenvalue weighted by Crippen LogP contribution is -2.08. The van der Waals surface area contributed by atoms with Crippen molar-refractivity contribution in [3.8, 4) is 0 Å². The SMILES string of the molecule is Clc1ncnc(C2CC=Cc3c2oc2ccccc32)n1. The van der Waals surface area contributed by atoms with Gasteiger partial charge in [-0.3, -0.25) is 0 Å². The average Bonchev–Trinajstić information content (AvgIpc) is 2.86. The van der Waals surface area contributed by atoms with Gasteiger partial charge in [-0.05, 0) is 24.1 Å².